The zero-order valence-electron chi connectivity index (χ0n) is 18.4. The van der Waals surface area contributed by atoms with E-state index in [-0.39, 0.29) is 6.61 Å². The lowest BCUT2D eigenvalue weighted by Gasteiger charge is -2.17. The fourth-order valence-corrected chi connectivity index (χ4v) is 4.18. The number of rotatable bonds is 8. The Bertz CT molecular complexity index is 917. The number of ether oxygens (including phenoxy) is 2. The number of hydrogen-bond donors (Lipinski definition) is 0. The van der Waals surface area contributed by atoms with Gasteiger partial charge in [0.1, 0.15) is 6.61 Å². The predicted molar refractivity (Wildman–Crippen MR) is 120 cm³/mol. The predicted octanol–water partition coefficient (Wildman–Crippen LogP) is 3.60. The van der Waals surface area contributed by atoms with Crippen molar-refractivity contribution in [2.24, 2.45) is 5.16 Å². The molecule has 0 bridgehead atoms. The minimum absolute atomic E-state index is 0.103. The summed E-state index contributed by atoms with van der Waals surface area (Å²) in [7, 11) is 1.04. The quantitative estimate of drug-likeness (QED) is 0.212. The van der Waals surface area contributed by atoms with Gasteiger partial charge in [-0.1, -0.05) is 78.5 Å². The van der Waals surface area contributed by atoms with Crippen molar-refractivity contribution in [1.29, 1.82) is 0 Å². The monoisotopic (exact) mass is 427 g/mol. The molecule has 0 saturated heterocycles. The summed E-state index contributed by atoms with van der Waals surface area (Å²) >= 11 is 0. The van der Waals surface area contributed by atoms with Crippen LogP contribution in [0.15, 0.2) is 53.7 Å². The van der Waals surface area contributed by atoms with Crippen LogP contribution in [-0.2, 0) is 30.5 Å². The highest BCUT2D eigenvalue weighted by Crippen LogP contribution is 2.24. The van der Waals surface area contributed by atoms with Gasteiger partial charge in [0.05, 0.1) is 28.0 Å². The second kappa shape index (κ2) is 10.2. The van der Waals surface area contributed by atoms with Crippen LogP contribution in [-0.4, -0.2) is 39.9 Å². The smallest absolute Gasteiger partial charge is 0.324 e. The first-order valence-corrected chi connectivity index (χ1v) is 13.2. The van der Waals surface area contributed by atoms with Gasteiger partial charge in [0.2, 0.25) is 0 Å². The van der Waals surface area contributed by atoms with E-state index in [1.54, 1.807) is 18.2 Å². The molecule has 0 aliphatic carbocycles. The molecule has 0 aromatic heterocycles. The first-order valence-electron chi connectivity index (χ1n) is 9.70. The maximum atomic E-state index is 12.2. The fourth-order valence-electron chi connectivity index (χ4n) is 3.00. The second-order valence-electron chi connectivity index (χ2n) is 7.96. The van der Waals surface area contributed by atoms with Crippen molar-refractivity contribution in [3.63, 3.8) is 0 Å². The Balaban J connectivity index is 2.23. The Morgan fingerprint density at radius 3 is 2.20 bits per heavy atom. The molecule has 0 amide bonds. The zero-order chi connectivity index (χ0) is 22.3. The van der Waals surface area contributed by atoms with Gasteiger partial charge in [-0.3, -0.25) is 9.59 Å². The van der Waals surface area contributed by atoms with Crippen LogP contribution in [0.4, 0.5) is 0 Å². The maximum Gasteiger partial charge on any atom is 0.324 e. The Morgan fingerprint density at radius 2 is 1.60 bits per heavy atom. The van der Waals surface area contributed by atoms with E-state index < -0.39 is 25.9 Å². The van der Waals surface area contributed by atoms with E-state index in [9.17, 15) is 9.59 Å². The van der Waals surface area contributed by atoms with Crippen molar-refractivity contribution in [3.8, 4) is 0 Å². The van der Waals surface area contributed by atoms with Crippen molar-refractivity contribution < 1.29 is 23.9 Å². The van der Waals surface area contributed by atoms with E-state index in [1.807, 2.05) is 25.1 Å². The third kappa shape index (κ3) is 5.79. The fraction of sp³-hybridized carbons (Fsp3) is 0.348. The molecule has 0 saturated carbocycles. The Morgan fingerprint density at radius 1 is 0.967 bits per heavy atom. The summed E-state index contributed by atoms with van der Waals surface area (Å²) in [4.78, 5) is 29.9. The van der Waals surface area contributed by atoms with Crippen molar-refractivity contribution in [2.45, 2.75) is 39.1 Å². The molecule has 0 heterocycles. The van der Waals surface area contributed by atoms with Gasteiger partial charge in [-0.05, 0) is 23.6 Å². The Hall–Kier alpha value is -2.93. The topological polar surface area (TPSA) is 74.2 Å². The van der Waals surface area contributed by atoms with E-state index in [0.29, 0.717) is 11.1 Å². The van der Waals surface area contributed by atoms with Crippen molar-refractivity contribution >= 4 is 30.9 Å². The highest BCUT2D eigenvalue weighted by atomic mass is 28.3. The van der Waals surface area contributed by atoms with E-state index in [1.165, 1.54) is 19.4 Å². The third-order valence-corrected chi connectivity index (χ3v) is 6.85. The number of carbonyl (C=O) groups excluding carboxylic acids is 2. The lowest BCUT2D eigenvalue weighted by molar-refractivity contribution is -0.154. The first kappa shape index (κ1) is 23.3. The minimum Gasteiger partial charge on any atom is -0.468 e. The third-order valence-electron chi connectivity index (χ3n) is 4.81. The molecule has 2 aromatic carbocycles. The maximum absolute atomic E-state index is 12.2. The summed E-state index contributed by atoms with van der Waals surface area (Å²) in [6, 6.07) is 15.4. The van der Waals surface area contributed by atoms with Crippen LogP contribution < -0.4 is 5.19 Å². The average molecular weight is 428 g/mol. The lowest BCUT2D eigenvalue weighted by atomic mass is 9.94. The van der Waals surface area contributed by atoms with Crippen LogP contribution in [0, 0.1) is 0 Å². The molecular weight excluding hydrogens is 398 g/mol. The van der Waals surface area contributed by atoms with Crippen LogP contribution >= 0.6 is 0 Å². The van der Waals surface area contributed by atoms with Gasteiger partial charge < -0.3 is 14.3 Å². The molecule has 160 valence electrons. The van der Waals surface area contributed by atoms with Gasteiger partial charge in [0.25, 0.3) is 0 Å². The molecule has 30 heavy (non-hydrogen) atoms. The molecule has 0 aliphatic heterocycles. The van der Waals surface area contributed by atoms with Gasteiger partial charge in [0, 0.05) is 0 Å². The molecule has 2 rings (SSSR count). The summed E-state index contributed by atoms with van der Waals surface area (Å²) < 4.78 is 9.56. The minimum atomic E-state index is -1.43. The van der Waals surface area contributed by atoms with E-state index in [2.05, 4.69) is 36.9 Å². The van der Waals surface area contributed by atoms with Crippen LogP contribution in [0.2, 0.25) is 19.6 Å². The molecule has 0 spiro atoms. The van der Waals surface area contributed by atoms with Gasteiger partial charge in [-0.25, -0.2) is 0 Å². The summed E-state index contributed by atoms with van der Waals surface area (Å²) in [6.07, 6.45) is 0. The molecule has 0 aliphatic rings. The standard InChI is InChI=1S/C23H29NO5Si/c1-16(17-11-9-12-19(14-17)30(4,5)6)24-29-15-18-10-7-8-13-20(18)21(22(25)27-2)23(26)28-3/h7-14,21H,15H2,1-6H3. The van der Waals surface area contributed by atoms with Crippen LogP contribution in [0.3, 0.4) is 0 Å². The second-order valence-corrected chi connectivity index (χ2v) is 13.0. The molecule has 7 heteroatoms. The number of benzene rings is 2. The molecular formula is C23H29NO5Si. The highest BCUT2D eigenvalue weighted by Gasteiger charge is 2.32. The summed E-state index contributed by atoms with van der Waals surface area (Å²) in [5, 5.41) is 5.59. The molecule has 0 fully saturated rings. The molecule has 2 aromatic rings. The van der Waals surface area contributed by atoms with Crippen LogP contribution in [0.1, 0.15) is 29.5 Å². The Labute approximate surface area is 178 Å². The van der Waals surface area contributed by atoms with Gasteiger partial charge in [0.15, 0.2) is 5.92 Å². The highest BCUT2D eigenvalue weighted by molar-refractivity contribution is 6.88. The lowest BCUT2D eigenvalue weighted by Crippen LogP contribution is -2.37. The van der Waals surface area contributed by atoms with Crippen LogP contribution in [0.5, 0.6) is 0 Å². The first-order chi connectivity index (χ1) is 14.2. The molecule has 6 nitrogen and oxygen atoms in total. The van der Waals surface area contributed by atoms with E-state index in [0.717, 1.165) is 11.3 Å². The number of methoxy groups -OCH3 is 2. The molecule has 0 radical (unpaired) electrons. The zero-order valence-corrected chi connectivity index (χ0v) is 19.4. The van der Waals surface area contributed by atoms with Gasteiger partial charge in [-0.2, -0.15) is 0 Å². The summed E-state index contributed by atoms with van der Waals surface area (Å²) in [5.41, 5.74) is 2.89. The Kier molecular flexibility index (Phi) is 7.94. The average Bonchev–Trinajstić information content (AvgIpc) is 2.74. The van der Waals surface area contributed by atoms with E-state index >= 15 is 0 Å². The number of hydrogen-bond acceptors (Lipinski definition) is 6. The van der Waals surface area contributed by atoms with E-state index in [4.69, 9.17) is 14.3 Å². The molecule has 0 unspecified atom stereocenters. The van der Waals surface area contributed by atoms with Crippen molar-refractivity contribution in [3.05, 3.63) is 65.2 Å². The van der Waals surface area contributed by atoms with Gasteiger partial charge in [-0.15, -0.1) is 0 Å². The number of oxime groups is 1. The number of esters is 2. The van der Waals surface area contributed by atoms with Crippen molar-refractivity contribution in [2.75, 3.05) is 14.2 Å². The largest absolute Gasteiger partial charge is 0.468 e. The summed E-state index contributed by atoms with van der Waals surface area (Å²) in [6.45, 7) is 8.88. The van der Waals surface area contributed by atoms with Gasteiger partial charge >= 0.3 is 11.9 Å². The number of nitrogens with zero attached hydrogens (tertiary/aromatic N) is 1. The normalized spacial score (nSPS) is 11.9. The summed E-state index contributed by atoms with van der Waals surface area (Å²) in [5.74, 6) is -2.53. The molecule has 0 atom stereocenters. The molecule has 0 N–H and O–H groups in total. The SMILES string of the molecule is COC(=O)C(C(=O)OC)c1ccccc1CON=C(C)c1cccc([Si](C)(C)C)c1. The number of carbonyl (C=O) groups is 2. The van der Waals surface area contributed by atoms with Crippen LogP contribution in [0.25, 0.3) is 0 Å². The van der Waals surface area contributed by atoms with Crippen molar-refractivity contribution in [1.82, 2.24) is 0 Å².